The van der Waals surface area contributed by atoms with E-state index in [1.807, 2.05) is 32.9 Å². The second kappa shape index (κ2) is 7.95. The first-order valence-electron chi connectivity index (χ1n) is 7.83. The molecule has 1 rings (SSSR count). The van der Waals surface area contributed by atoms with Gasteiger partial charge in [-0.05, 0) is 36.0 Å². The Morgan fingerprint density at radius 3 is 2.14 bits per heavy atom. The molecule has 0 fully saturated rings. The van der Waals surface area contributed by atoms with Crippen molar-refractivity contribution in [3.05, 3.63) is 29.8 Å². The van der Waals surface area contributed by atoms with Crippen LogP contribution in [0.5, 0.6) is 0 Å². The molecule has 0 radical (unpaired) electrons. The van der Waals surface area contributed by atoms with Gasteiger partial charge in [0.05, 0.1) is 4.90 Å². The van der Waals surface area contributed by atoms with Crippen molar-refractivity contribution in [3.8, 4) is 0 Å². The maximum Gasteiger partial charge on any atom is 0.240 e. The quantitative estimate of drug-likeness (QED) is 0.734. The van der Waals surface area contributed by atoms with Crippen LogP contribution in [0, 0.1) is 5.41 Å². The summed E-state index contributed by atoms with van der Waals surface area (Å²) in [6, 6.07) is 7.27. The van der Waals surface area contributed by atoms with Gasteiger partial charge in [0, 0.05) is 6.54 Å². The van der Waals surface area contributed by atoms with Crippen molar-refractivity contribution in [1.29, 1.82) is 0 Å². The molecule has 0 bridgehead atoms. The van der Waals surface area contributed by atoms with Crippen LogP contribution in [0.15, 0.2) is 29.2 Å². The summed E-state index contributed by atoms with van der Waals surface area (Å²) in [5.41, 5.74) is 1.15. The van der Waals surface area contributed by atoms with Crippen LogP contribution in [0.2, 0.25) is 0 Å². The van der Waals surface area contributed by atoms with Gasteiger partial charge in [0.25, 0.3) is 0 Å². The van der Waals surface area contributed by atoms with E-state index in [1.54, 1.807) is 12.1 Å². The van der Waals surface area contributed by atoms with E-state index < -0.39 is 10.0 Å². The van der Waals surface area contributed by atoms with Gasteiger partial charge >= 0.3 is 0 Å². The normalized spacial score (nSPS) is 12.6. The molecule has 3 nitrogen and oxygen atoms in total. The number of sulfonamides is 1. The van der Waals surface area contributed by atoms with Crippen LogP contribution >= 0.6 is 0 Å². The van der Waals surface area contributed by atoms with Gasteiger partial charge in [-0.15, -0.1) is 0 Å². The minimum absolute atomic E-state index is 0.0632. The van der Waals surface area contributed by atoms with Crippen LogP contribution in [0.1, 0.15) is 58.9 Å². The Labute approximate surface area is 130 Å². The first-order valence-corrected chi connectivity index (χ1v) is 9.31. The Morgan fingerprint density at radius 2 is 1.62 bits per heavy atom. The lowest BCUT2D eigenvalue weighted by molar-refractivity contribution is 0.407. The maximum absolute atomic E-state index is 12.2. The minimum Gasteiger partial charge on any atom is -0.211 e. The molecule has 0 unspecified atom stereocenters. The second-order valence-corrected chi connectivity index (χ2v) is 8.61. The van der Waals surface area contributed by atoms with Gasteiger partial charge in [-0.1, -0.05) is 59.1 Å². The Bertz CT molecular complexity index is 513. The summed E-state index contributed by atoms with van der Waals surface area (Å²) < 4.78 is 27.0. The highest BCUT2D eigenvalue weighted by atomic mass is 32.2. The standard InChI is InChI=1S/C17H29NO2S/c1-5-6-7-8-9-15-10-12-16(13-11-15)21(19,20)18-14-17(2,3)4/h10-13,18H,5-9,14H2,1-4H3. The third kappa shape index (κ3) is 7.09. The van der Waals surface area contributed by atoms with Crippen LogP contribution in [-0.4, -0.2) is 15.0 Å². The predicted octanol–water partition coefficient (Wildman–Crippen LogP) is 4.13. The van der Waals surface area contributed by atoms with Crippen LogP contribution < -0.4 is 4.72 Å². The van der Waals surface area contributed by atoms with Crippen molar-refractivity contribution in [2.75, 3.05) is 6.54 Å². The molecule has 0 saturated carbocycles. The maximum atomic E-state index is 12.2. The molecule has 1 N–H and O–H groups in total. The number of rotatable bonds is 8. The summed E-state index contributed by atoms with van der Waals surface area (Å²) in [5, 5.41) is 0. The van der Waals surface area contributed by atoms with E-state index in [2.05, 4.69) is 11.6 Å². The number of benzene rings is 1. The summed E-state index contributed by atoms with van der Waals surface area (Å²) in [4.78, 5) is 0.351. The number of hydrogen-bond donors (Lipinski definition) is 1. The highest BCUT2D eigenvalue weighted by Crippen LogP contribution is 2.16. The fraction of sp³-hybridized carbons (Fsp3) is 0.647. The van der Waals surface area contributed by atoms with E-state index in [4.69, 9.17) is 0 Å². The van der Waals surface area contributed by atoms with E-state index in [-0.39, 0.29) is 5.41 Å². The van der Waals surface area contributed by atoms with Gasteiger partial charge in [0.15, 0.2) is 0 Å². The SMILES string of the molecule is CCCCCCc1ccc(S(=O)(=O)NCC(C)(C)C)cc1. The number of unbranched alkanes of at least 4 members (excludes halogenated alkanes) is 3. The van der Waals surface area contributed by atoms with Crippen molar-refractivity contribution in [1.82, 2.24) is 4.72 Å². The average Bonchev–Trinajstić information content (AvgIpc) is 2.41. The van der Waals surface area contributed by atoms with E-state index in [1.165, 1.54) is 31.2 Å². The summed E-state index contributed by atoms with van der Waals surface area (Å²) >= 11 is 0. The van der Waals surface area contributed by atoms with Gasteiger partial charge < -0.3 is 0 Å². The van der Waals surface area contributed by atoms with E-state index >= 15 is 0 Å². The van der Waals surface area contributed by atoms with Gasteiger partial charge in [-0.3, -0.25) is 0 Å². The zero-order valence-corrected chi connectivity index (χ0v) is 14.6. The predicted molar refractivity (Wildman–Crippen MR) is 88.9 cm³/mol. The third-order valence-corrected chi connectivity index (χ3v) is 4.76. The Kier molecular flexibility index (Phi) is 6.88. The summed E-state index contributed by atoms with van der Waals surface area (Å²) in [6.45, 7) is 8.66. The molecule has 1 aromatic carbocycles. The molecule has 0 aliphatic carbocycles. The second-order valence-electron chi connectivity index (χ2n) is 6.84. The molecule has 0 spiro atoms. The molecule has 120 valence electrons. The van der Waals surface area contributed by atoms with Gasteiger partial charge in [0.2, 0.25) is 10.0 Å². The van der Waals surface area contributed by atoms with Crippen molar-refractivity contribution < 1.29 is 8.42 Å². The first-order chi connectivity index (χ1) is 9.74. The molecule has 1 aromatic rings. The third-order valence-electron chi connectivity index (χ3n) is 3.35. The Morgan fingerprint density at radius 1 is 1.00 bits per heavy atom. The summed E-state index contributed by atoms with van der Waals surface area (Å²) in [5.74, 6) is 0. The fourth-order valence-electron chi connectivity index (χ4n) is 1.99. The number of aryl methyl sites for hydroxylation is 1. The minimum atomic E-state index is -3.39. The molecular weight excluding hydrogens is 282 g/mol. The van der Waals surface area contributed by atoms with E-state index in [0.29, 0.717) is 11.4 Å². The first kappa shape index (κ1) is 18.2. The molecule has 21 heavy (non-hydrogen) atoms. The zero-order valence-electron chi connectivity index (χ0n) is 13.8. The van der Waals surface area contributed by atoms with Crippen LogP contribution in [0.4, 0.5) is 0 Å². The average molecular weight is 311 g/mol. The van der Waals surface area contributed by atoms with Crippen molar-refractivity contribution in [2.45, 2.75) is 64.7 Å². The molecule has 0 amide bonds. The number of nitrogens with one attached hydrogen (secondary N) is 1. The van der Waals surface area contributed by atoms with Crippen LogP contribution in [-0.2, 0) is 16.4 Å². The molecule has 0 aromatic heterocycles. The van der Waals surface area contributed by atoms with Gasteiger partial charge in [0.1, 0.15) is 0 Å². The molecule has 0 heterocycles. The molecular formula is C17H29NO2S. The fourth-order valence-corrected chi connectivity index (χ4v) is 3.27. The van der Waals surface area contributed by atoms with Crippen LogP contribution in [0.25, 0.3) is 0 Å². The number of hydrogen-bond acceptors (Lipinski definition) is 2. The lowest BCUT2D eigenvalue weighted by atomic mass is 9.98. The Balaban J connectivity index is 2.60. The molecule has 4 heteroatoms. The summed E-state index contributed by atoms with van der Waals surface area (Å²) in [7, 11) is -3.39. The van der Waals surface area contributed by atoms with Crippen LogP contribution in [0.3, 0.4) is 0 Å². The largest absolute Gasteiger partial charge is 0.240 e. The molecule has 0 aliphatic heterocycles. The molecule has 0 atom stereocenters. The van der Waals surface area contributed by atoms with Gasteiger partial charge in [-0.2, -0.15) is 0 Å². The highest BCUT2D eigenvalue weighted by molar-refractivity contribution is 7.89. The van der Waals surface area contributed by atoms with Gasteiger partial charge in [-0.25, -0.2) is 13.1 Å². The zero-order chi connectivity index (χ0) is 15.9. The van der Waals surface area contributed by atoms with Crippen molar-refractivity contribution in [2.24, 2.45) is 5.41 Å². The highest BCUT2D eigenvalue weighted by Gasteiger charge is 2.18. The lowest BCUT2D eigenvalue weighted by Gasteiger charge is -2.18. The topological polar surface area (TPSA) is 46.2 Å². The smallest absolute Gasteiger partial charge is 0.211 e. The van der Waals surface area contributed by atoms with Crippen molar-refractivity contribution in [3.63, 3.8) is 0 Å². The molecule has 0 aliphatic rings. The monoisotopic (exact) mass is 311 g/mol. The lowest BCUT2D eigenvalue weighted by Crippen LogP contribution is -2.32. The van der Waals surface area contributed by atoms with E-state index in [9.17, 15) is 8.42 Å². The van der Waals surface area contributed by atoms with Crippen molar-refractivity contribution >= 4 is 10.0 Å². The Hall–Kier alpha value is -0.870. The summed E-state index contributed by atoms with van der Waals surface area (Å²) in [6.07, 6.45) is 5.93. The molecule has 0 saturated heterocycles. The van der Waals surface area contributed by atoms with E-state index in [0.717, 1.165) is 6.42 Å².